The summed E-state index contributed by atoms with van der Waals surface area (Å²) < 4.78 is 27.2. The molecular weight excluding hydrogens is 336 g/mol. The van der Waals surface area contributed by atoms with Crippen LogP contribution in [0.3, 0.4) is 0 Å². The van der Waals surface area contributed by atoms with Crippen LogP contribution in [0.1, 0.15) is 10.4 Å². The summed E-state index contributed by atoms with van der Waals surface area (Å²) in [4.78, 5) is 0.887. The van der Waals surface area contributed by atoms with Gasteiger partial charge in [-0.05, 0) is 18.2 Å². The summed E-state index contributed by atoms with van der Waals surface area (Å²) in [6, 6.07) is 4.89. The first-order valence-corrected chi connectivity index (χ1v) is 9.08. The van der Waals surface area contributed by atoms with Gasteiger partial charge in [0.2, 0.25) is 10.0 Å². The molecule has 0 radical (unpaired) electrons. The van der Waals surface area contributed by atoms with Gasteiger partial charge < -0.3 is 5.73 Å². The summed E-state index contributed by atoms with van der Waals surface area (Å²) in [6.45, 7) is 0.532. The van der Waals surface area contributed by atoms with Crippen LogP contribution in [0.15, 0.2) is 27.8 Å². The van der Waals surface area contributed by atoms with Gasteiger partial charge in [0.1, 0.15) is 4.21 Å². The van der Waals surface area contributed by atoms with Gasteiger partial charge in [-0.15, -0.1) is 22.7 Å². The lowest BCUT2D eigenvalue weighted by Gasteiger charge is -2.02. The quantitative estimate of drug-likeness (QED) is 0.834. The molecule has 0 bridgehead atoms. The topological polar surface area (TPSA) is 72.2 Å². The Balaban J connectivity index is 2.03. The van der Waals surface area contributed by atoms with Crippen LogP contribution in [0.4, 0.5) is 0 Å². The van der Waals surface area contributed by atoms with Crippen molar-refractivity contribution in [2.75, 3.05) is 6.54 Å². The fraction of sp³-hybridized carbons (Fsp3) is 0.167. The number of nitrogens with one attached hydrogen (secondary N) is 1. The lowest BCUT2D eigenvalue weighted by Crippen LogP contribution is -2.21. The predicted octanol–water partition coefficient (Wildman–Crippen LogP) is 2.25. The van der Waals surface area contributed by atoms with Crippen molar-refractivity contribution in [3.8, 4) is 11.8 Å². The SMILES string of the molecule is NCC#Cc1csc(CNS(=O)(=O)c2ccc(Cl)s2)c1. The Bertz CT molecular complexity index is 753. The highest BCUT2D eigenvalue weighted by Crippen LogP contribution is 2.25. The number of rotatable bonds is 4. The predicted molar refractivity (Wildman–Crippen MR) is 83.6 cm³/mol. The molecule has 0 unspecified atom stereocenters. The molecule has 0 aromatic carbocycles. The van der Waals surface area contributed by atoms with Gasteiger partial charge in [0.05, 0.1) is 10.9 Å². The molecule has 2 aromatic rings. The number of hydrogen-bond acceptors (Lipinski definition) is 5. The van der Waals surface area contributed by atoms with E-state index in [1.54, 1.807) is 6.07 Å². The van der Waals surface area contributed by atoms with Gasteiger partial charge >= 0.3 is 0 Å². The first kappa shape index (κ1) is 15.5. The van der Waals surface area contributed by atoms with Gasteiger partial charge in [-0.1, -0.05) is 23.4 Å². The average Bonchev–Trinajstić information content (AvgIpc) is 3.03. The van der Waals surface area contributed by atoms with Crippen molar-refractivity contribution in [3.63, 3.8) is 0 Å². The van der Waals surface area contributed by atoms with Crippen LogP contribution in [-0.4, -0.2) is 15.0 Å². The van der Waals surface area contributed by atoms with E-state index in [0.717, 1.165) is 21.8 Å². The van der Waals surface area contributed by atoms with Gasteiger partial charge in [0.25, 0.3) is 0 Å². The fourth-order valence-electron chi connectivity index (χ4n) is 1.37. The summed E-state index contributed by atoms with van der Waals surface area (Å²) in [5, 5.41) is 1.87. The van der Waals surface area contributed by atoms with E-state index < -0.39 is 10.0 Å². The lowest BCUT2D eigenvalue weighted by atomic mass is 10.3. The van der Waals surface area contributed by atoms with Crippen LogP contribution < -0.4 is 10.5 Å². The lowest BCUT2D eigenvalue weighted by molar-refractivity contribution is 0.584. The first-order valence-electron chi connectivity index (χ1n) is 5.52. The largest absolute Gasteiger partial charge is 0.320 e. The van der Waals surface area contributed by atoms with Crippen molar-refractivity contribution in [3.05, 3.63) is 38.4 Å². The minimum Gasteiger partial charge on any atom is -0.320 e. The van der Waals surface area contributed by atoms with Crippen molar-refractivity contribution in [2.45, 2.75) is 10.8 Å². The highest BCUT2D eigenvalue weighted by molar-refractivity contribution is 7.91. The zero-order valence-electron chi connectivity index (χ0n) is 10.2. The van der Waals surface area contributed by atoms with E-state index in [2.05, 4.69) is 16.6 Å². The van der Waals surface area contributed by atoms with E-state index in [4.69, 9.17) is 17.3 Å². The molecule has 0 fully saturated rings. The summed E-state index contributed by atoms with van der Waals surface area (Å²) in [6.07, 6.45) is 0. The number of nitrogens with two attached hydrogens (primary N) is 1. The number of thiophene rings is 2. The summed E-state index contributed by atoms with van der Waals surface area (Å²) in [7, 11) is -3.51. The standard InChI is InChI=1S/C12H11ClN2O2S3/c13-11-3-4-12(19-11)20(16,17)15-7-10-6-9(8-18-10)2-1-5-14/h3-4,6,8,15H,5,7,14H2. The maximum absolute atomic E-state index is 12.0. The van der Waals surface area contributed by atoms with Crippen LogP contribution in [-0.2, 0) is 16.6 Å². The van der Waals surface area contributed by atoms with Crippen LogP contribution in [0.25, 0.3) is 0 Å². The van der Waals surface area contributed by atoms with E-state index in [0.29, 0.717) is 10.9 Å². The van der Waals surface area contributed by atoms with Crippen molar-refractivity contribution in [1.82, 2.24) is 4.72 Å². The van der Waals surface area contributed by atoms with E-state index in [9.17, 15) is 8.42 Å². The Morgan fingerprint density at radius 2 is 2.20 bits per heavy atom. The molecule has 8 heteroatoms. The molecule has 4 nitrogen and oxygen atoms in total. The second-order valence-corrected chi connectivity index (χ2v) is 8.40. The van der Waals surface area contributed by atoms with E-state index in [1.807, 2.05) is 11.4 Å². The van der Waals surface area contributed by atoms with Crippen molar-refractivity contribution in [2.24, 2.45) is 5.73 Å². The average molecular weight is 347 g/mol. The number of sulfonamides is 1. The van der Waals surface area contributed by atoms with E-state index >= 15 is 0 Å². The third kappa shape index (κ3) is 4.06. The maximum atomic E-state index is 12.0. The molecule has 0 atom stereocenters. The zero-order chi connectivity index (χ0) is 14.6. The number of hydrogen-bond donors (Lipinski definition) is 2. The van der Waals surface area contributed by atoms with Crippen LogP contribution >= 0.6 is 34.3 Å². The van der Waals surface area contributed by atoms with Gasteiger partial charge in [0, 0.05) is 22.4 Å². The molecule has 0 aliphatic heterocycles. The summed E-state index contributed by atoms with van der Waals surface area (Å²) in [5.41, 5.74) is 6.14. The Labute approximate surface area is 130 Å². The molecule has 0 aliphatic rings. The van der Waals surface area contributed by atoms with Gasteiger partial charge in [-0.25, -0.2) is 13.1 Å². The molecule has 0 saturated carbocycles. The molecule has 0 spiro atoms. The minimum atomic E-state index is -3.51. The first-order chi connectivity index (χ1) is 9.51. The Kier molecular flexibility index (Phi) is 5.21. The zero-order valence-corrected chi connectivity index (χ0v) is 13.4. The third-order valence-corrected chi connectivity index (χ3v) is 6.30. The second-order valence-electron chi connectivity index (χ2n) is 3.69. The normalized spacial score (nSPS) is 11.1. The molecule has 2 aromatic heterocycles. The highest BCUT2D eigenvalue weighted by Gasteiger charge is 2.16. The van der Waals surface area contributed by atoms with Gasteiger partial charge in [0.15, 0.2) is 0 Å². The fourth-order valence-corrected chi connectivity index (χ4v) is 4.75. The van der Waals surface area contributed by atoms with Crippen LogP contribution in [0.5, 0.6) is 0 Å². The second kappa shape index (κ2) is 6.72. The maximum Gasteiger partial charge on any atom is 0.250 e. The van der Waals surface area contributed by atoms with Gasteiger partial charge in [-0.3, -0.25) is 0 Å². The highest BCUT2D eigenvalue weighted by atomic mass is 35.5. The summed E-state index contributed by atoms with van der Waals surface area (Å²) in [5.74, 6) is 5.65. The monoisotopic (exact) mass is 346 g/mol. The Morgan fingerprint density at radius 3 is 2.85 bits per heavy atom. The molecular formula is C12H11ClN2O2S3. The van der Waals surface area contributed by atoms with Crippen molar-refractivity contribution < 1.29 is 8.42 Å². The van der Waals surface area contributed by atoms with E-state index in [1.165, 1.54) is 17.4 Å². The molecule has 0 aliphatic carbocycles. The van der Waals surface area contributed by atoms with Crippen LogP contribution in [0.2, 0.25) is 4.34 Å². The molecule has 2 rings (SSSR count). The molecule has 0 amide bonds. The number of halogens is 1. The smallest absolute Gasteiger partial charge is 0.250 e. The Hall–Kier alpha value is -0.880. The van der Waals surface area contributed by atoms with Gasteiger partial charge in [-0.2, -0.15) is 0 Å². The van der Waals surface area contributed by atoms with Crippen molar-refractivity contribution >= 4 is 44.3 Å². The molecule has 106 valence electrons. The summed E-state index contributed by atoms with van der Waals surface area (Å²) >= 11 is 8.21. The molecule has 0 saturated heterocycles. The molecule has 3 N–H and O–H groups in total. The van der Waals surface area contributed by atoms with E-state index in [-0.39, 0.29) is 10.8 Å². The Morgan fingerprint density at radius 1 is 1.40 bits per heavy atom. The molecule has 20 heavy (non-hydrogen) atoms. The van der Waals surface area contributed by atoms with Crippen molar-refractivity contribution in [1.29, 1.82) is 0 Å². The molecule has 2 heterocycles. The minimum absolute atomic E-state index is 0.210. The third-order valence-electron chi connectivity index (χ3n) is 2.24. The van der Waals surface area contributed by atoms with Crippen LogP contribution in [0, 0.1) is 11.8 Å².